The highest BCUT2D eigenvalue weighted by molar-refractivity contribution is 6.20. The number of aliphatic imine (C=N–C) groups is 1. The Morgan fingerprint density at radius 2 is 1.77 bits per heavy atom. The molecule has 3 aromatic rings. The Hall–Kier alpha value is -4.46. The quantitative estimate of drug-likeness (QED) is 0.369. The minimum atomic E-state index is -0.478. The molecule has 8 heteroatoms. The minimum absolute atomic E-state index is 0.0553. The van der Waals surface area contributed by atoms with E-state index in [0.717, 1.165) is 5.56 Å². The molecule has 0 aromatic heterocycles. The van der Waals surface area contributed by atoms with Gasteiger partial charge in [-0.05, 0) is 35.9 Å². The predicted molar refractivity (Wildman–Crippen MR) is 118 cm³/mol. The van der Waals surface area contributed by atoms with E-state index >= 15 is 0 Å². The van der Waals surface area contributed by atoms with Crippen LogP contribution in [0.4, 0.5) is 11.4 Å². The number of carbonyl (C=O) groups is 1. The van der Waals surface area contributed by atoms with Gasteiger partial charge in [-0.1, -0.05) is 42.5 Å². The number of anilines is 1. The van der Waals surface area contributed by atoms with Crippen LogP contribution in [-0.4, -0.2) is 28.8 Å². The van der Waals surface area contributed by atoms with Gasteiger partial charge in [0.25, 0.3) is 11.6 Å². The van der Waals surface area contributed by atoms with Crippen molar-refractivity contribution in [1.82, 2.24) is 5.01 Å². The van der Waals surface area contributed by atoms with Crippen LogP contribution >= 0.6 is 0 Å². The van der Waals surface area contributed by atoms with Crippen LogP contribution in [0.5, 0.6) is 5.75 Å². The molecule has 0 aliphatic carbocycles. The molecule has 1 N–H and O–H groups in total. The van der Waals surface area contributed by atoms with Crippen LogP contribution < -0.4 is 10.2 Å². The number of amides is 1. The van der Waals surface area contributed by atoms with Gasteiger partial charge in [0.15, 0.2) is 5.84 Å². The summed E-state index contributed by atoms with van der Waals surface area (Å²) in [6.45, 7) is 0. The van der Waals surface area contributed by atoms with Gasteiger partial charge in [-0.25, -0.2) is 4.99 Å². The first-order valence-corrected chi connectivity index (χ1v) is 9.40. The molecule has 0 fully saturated rings. The number of nitro benzene ring substituents is 1. The van der Waals surface area contributed by atoms with E-state index in [-0.39, 0.29) is 17.3 Å². The van der Waals surface area contributed by atoms with E-state index in [1.54, 1.807) is 43.5 Å². The van der Waals surface area contributed by atoms with Gasteiger partial charge in [-0.15, -0.1) is 0 Å². The second-order valence-electron chi connectivity index (χ2n) is 6.66. The van der Waals surface area contributed by atoms with E-state index in [1.807, 2.05) is 30.3 Å². The first-order valence-electron chi connectivity index (χ1n) is 9.40. The molecule has 0 saturated carbocycles. The van der Waals surface area contributed by atoms with E-state index in [0.29, 0.717) is 22.8 Å². The fraction of sp³-hybridized carbons (Fsp3) is 0.0435. The van der Waals surface area contributed by atoms with Crippen LogP contribution in [0.15, 0.2) is 89.6 Å². The molecule has 0 saturated heterocycles. The molecule has 154 valence electrons. The Morgan fingerprint density at radius 3 is 2.45 bits per heavy atom. The number of nitrogens with one attached hydrogen (secondary N) is 1. The molecule has 4 rings (SSSR count). The number of carbonyl (C=O) groups excluding carboxylic acids is 1. The van der Waals surface area contributed by atoms with E-state index in [2.05, 4.69) is 10.4 Å². The maximum Gasteiger partial charge on any atom is 0.297 e. The third-order valence-corrected chi connectivity index (χ3v) is 4.61. The number of methoxy groups -OCH3 is 1. The molecule has 31 heavy (non-hydrogen) atoms. The van der Waals surface area contributed by atoms with Crippen LogP contribution in [0.2, 0.25) is 0 Å². The smallest absolute Gasteiger partial charge is 0.297 e. The van der Waals surface area contributed by atoms with Gasteiger partial charge < -0.3 is 4.74 Å². The Balaban J connectivity index is 1.71. The average molecular weight is 414 g/mol. The number of nitrogens with zero attached hydrogens (tertiary/aromatic N) is 3. The van der Waals surface area contributed by atoms with Crippen molar-refractivity contribution in [3.05, 3.63) is 106 Å². The highest BCUT2D eigenvalue weighted by atomic mass is 16.6. The molecule has 1 aliphatic heterocycles. The third-order valence-electron chi connectivity index (χ3n) is 4.61. The highest BCUT2D eigenvalue weighted by Crippen LogP contribution is 2.25. The maximum absolute atomic E-state index is 13.2. The second-order valence-corrected chi connectivity index (χ2v) is 6.66. The van der Waals surface area contributed by atoms with Gasteiger partial charge in [0.2, 0.25) is 0 Å². The van der Waals surface area contributed by atoms with Crippen molar-refractivity contribution in [2.75, 3.05) is 12.5 Å². The Morgan fingerprint density at radius 1 is 1.03 bits per heavy atom. The van der Waals surface area contributed by atoms with Crippen LogP contribution in [0.25, 0.3) is 6.08 Å². The summed E-state index contributed by atoms with van der Waals surface area (Å²) >= 11 is 0. The molecule has 0 spiro atoms. The summed E-state index contributed by atoms with van der Waals surface area (Å²) < 4.78 is 5.17. The Bertz CT molecular complexity index is 1190. The zero-order valence-electron chi connectivity index (χ0n) is 16.6. The van der Waals surface area contributed by atoms with Crippen molar-refractivity contribution in [1.29, 1.82) is 0 Å². The molecule has 0 radical (unpaired) electrons. The molecule has 1 aliphatic rings. The van der Waals surface area contributed by atoms with Crippen molar-refractivity contribution >= 4 is 29.2 Å². The third kappa shape index (κ3) is 4.27. The number of nitro groups is 1. The largest absolute Gasteiger partial charge is 0.497 e. The average Bonchev–Trinajstić information content (AvgIpc) is 3.10. The molecular weight excluding hydrogens is 396 g/mol. The summed E-state index contributed by atoms with van der Waals surface area (Å²) in [4.78, 5) is 28.3. The van der Waals surface area contributed by atoms with Crippen LogP contribution in [0.1, 0.15) is 11.1 Å². The number of non-ortho nitro benzene ring substituents is 1. The lowest BCUT2D eigenvalue weighted by molar-refractivity contribution is -0.384. The van der Waals surface area contributed by atoms with Gasteiger partial charge in [-0.3, -0.25) is 20.3 Å². The molecule has 0 unspecified atom stereocenters. The normalized spacial score (nSPS) is 14.5. The second kappa shape index (κ2) is 8.50. The zero-order valence-corrected chi connectivity index (χ0v) is 16.6. The molecule has 1 heterocycles. The number of ether oxygens (including phenoxy) is 1. The number of rotatable bonds is 6. The highest BCUT2D eigenvalue weighted by Gasteiger charge is 2.31. The van der Waals surface area contributed by atoms with Gasteiger partial charge in [0.05, 0.1) is 17.7 Å². The number of hydrogen-bond acceptors (Lipinski definition) is 6. The summed E-state index contributed by atoms with van der Waals surface area (Å²) in [5, 5.41) is 12.4. The standard InChI is InChI=1S/C23H18N4O4/c1-31-20-12-10-18(11-13-20)25-26-22(17-7-3-2-4-8-17)24-21(23(26)28)15-16-6-5-9-19(14-16)27(29)30/h2-15,25H,1H3. The van der Waals surface area contributed by atoms with E-state index in [1.165, 1.54) is 23.2 Å². The van der Waals surface area contributed by atoms with Crippen LogP contribution in [0, 0.1) is 10.1 Å². The van der Waals surface area contributed by atoms with Crippen molar-refractivity contribution in [2.24, 2.45) is 4.99 Å². The summed E-state index contributed by atoms with van der Waals surface area (Å²) in [6, 6.07) is 22.5. The Labute approximate surface area is 178 Å². The lowest BCUT2D eigenvalue weighted by Crippen LogP contribution is -2.37. The number of hydrazine groups is 1. The summed E-state index contributed by atoms with van der Waals surface area (Å²) in [7, 11) is 1.58. The summed E-state index contributed by atoms with van der Waals surface area (Å²) in [5.74, 6) is 0.751. The monoisotopic (exact) mass is 414 g/mol. The van der Waals surface area contributed by atoms with Crippen LogP contribution in [-0.2, 0) is 4.79 Å². The fourth-order valence-electron chi connectivity index (χ4n) is 3.08. The molecular formula is C23H18N4O4. The van der Waals surface area contributed by atoms with Gasteiger partial charge >= 0.3 is 0 Å². The van der Waals surface area contributed by atoms with Crippen molar-refractivity contribution in [3.63, 3.8) is 0 Å². The molecule has 0 atom stereocenters. The fourth-order valence-corrected chi connectivity index (χ4v) is 3.08. The van der Waals surface area contributed by atoms with Crippen molar-refractivity contribution in [2.45, 2.75) is 0 Å². The summed E-state index contributed by atoms with van der Waals surface area (Å²) in [6.07, 6.45) is 1.54. The van der Waals surface area contributed by atoms with E-state index < -0.39 is 4.92 Å². The maximum atomic E-state index is 13.2. The first kappa shape index (κ1) is 19.8. The molecule has 1 amide bonds. The topological polar surface area (TPSA) is 97.1 Å². The van der Waals surface area contributed by atoms with Crippen molar-refractivity contribution in [3.8, 4) is 5.75 Å². The van der Waals surface area contributed by atoms with E-state index in [4.69, 9.17) is 4.74 Å². The van der Waals surface area contributed by atoms with Crippen LogP contribution in [0.3, 0.4) is 0 Å². The van der Waals surface area contributed by atoms with Gasteiger partial charge in [0.1, 0.15) is 11.4 Å². The lowest BCUT2D eigenvalue weighted by atomic mass is 10.1. The molecule has 8 nitrogen and oxygen atoms in total. The van der Waals surface area contributed by atoms with Crippen molar-refractivity contribution < 1.29 is 14.5 Å². The lowest BCUT2D eigenvalue weighted by Gasteiger charge is -2.20. The molecule has 3 aromatic carbocycles. The SMILES string of the molecule is COc1ccc(NN2C(=O)C(=Cc3cccc([N+](=O)[O-])c3)N=C2c2ccccc2)cc1. The predicted octanol–water partition coefficient (Wildman–Crippen LogP) is 4.26. The molecule has 0 bridgehead atoms. The minimum Gasteiger partial charge on any atom is -0.497 e. The number of benzene rings is 3. The zero-order chi connectivity index (χ0) is 21.8. The number of hydrogen-bond donors (Lipinski definition) is 1. The van der Waals surface area contributed by atoms with Gasteiger partial charge in [0, 0.05) is 17.7 Å². The van der Waals surface area contributed by atoms with E-state index in [9.17, 15) is 14.9 Å². The first-order chi connectivity index (χ1) is 15.0. The summed E-state index contributed by atoms with van der Waals surface area (Å²) in [5.41, 5.74) is 5.13. The van der Waals surface area contributed by atoms with Gasteiger partial charge in [-0.2, -0.15) is 5.01 Å². The number of amidine groups is 1. The Kier molecular flexibility index (Phi) is 5.44.